The van der Waals surface area contributed by atoms with Gasteiger partial charge in [-0.1, -0.05) is 6.07 Å². The number of hydrogen-bond donors (Lipinski definition) is 3. The number of aliphatic hydroxyl groups is 2. The molecule has 1 aromatic rings. The molecule has 2 fully saturated rings. The summed E-state index contributed by atoms with van der Waals surface area (Å²) in [7, 11) is 0. The number of phenols is 1. The second kappa shape index (κ2) is 4.22. The molecule has 5 atom stereocenters. The molecule has 0 spiro atoms. The second-order valence-corrected chi connectivity index (χ2v) is 6.92. The molecule has 1 aromatic carbocycles. The van der Waals surface area contributed by atoms with Crippen LogP contribution in [0.15, 0.2) is 18.2 Å². The molecule has 3 nitrogen and oxygen atoms in total. The largest absolute Gasteiger partial charge is 0.508 e. The van der Waals surface area contributed by atoms with E-state index in [1.165, 1.54) is 0 Å². The van der Waals surface area contributed by atoms with Gasteiger partial charge in [0.25, 0.3) is 0 Å². The average Bonchev–Trinajstić information content (AvgIpc) is 2.79. The van der Waals surface area contributed by atoms with Crippen molar-refractivity contribution in [1.82, 2.24) is 0 Å². The molecule has 3 N–H and O–H groups in total. The van der Waals surface area contributed by atoms with Crippen LogP contribution in [-0.2, 0) is 12.0 Å². The molecule has 3 aliphatic rings. The molecule has 0 amide bonds. The molecule has 0 aromatic heterocycles. The summed E-state index contributed by atoms with van der Waals surface area (Å²) in [5, 5.41) is 31.1. The summed E-state index contributed by atoms with van der Waals surface area (Å²) in [6.07, 6.45) is 5.34. The highest BCUT2D eigenvalue weighted by Crippen LogP contribution is 2.57. The standard InChI is InChI=1S/C17H22O3/c18-11-2-5-14-10(9-11)1-4-15-12-3-6-16(19)13(12)7-8-17(14,15)20/h2,5,9,12-13,15-16,18-20H,1,3-4,6-8H2. The number of fused-ring (bicyclic) bond motifs is 5. The Bertz CT molecular complexity index is 541. The van der Waals surface area contributed by atoms with Gasteiger partial charge >= 0.3 is 0 Å². The fourth-order valence-corrected chi connectivity index (χ4v) is 5.22. The minimum absolute atomic E-state index is 0.161. The Morgan fingerprint density at radius 2 is 1.90 bits per heavy atom. The van der Waals surface area contributed by atoms with Crippen LogP contribution in [0, 0.1) is 17.8 Å². The zero-order valence-corrected chi connectivity index (χ0v) is 11.6. The third-order valence-electron chi connectivity index (χ3n) is 6.11. The Morgan fingerprint density at radius 1 is 1.05 bits per heavy atom. The van der Waals surface area contributed by atoms with Gasteiger partial charge in [0, 0.05) is 0 Å². The van der Waals surface area contributed by atoms with Crippen LogP contribution in [0.1, 0.15) is 43.2 Å². The molecule has 0 heterocycles. The van der Waals surface area contributed by atoms with Gasteiger partial charge in [-0.05, 0) is 79.5 Å². The number of aliphatic hydroxyl groups excluding tert-OH is 1. The number of aromatic hydroxyl groups is 1. The Balaban J connectivity index is 1.76. The van der Waals surface area contributed by atoms with E-state index in [-0.39, 0.29) is 17.8 Å². The Labute approximate surface area is 119 Å². The third-order valence-corrected chi connectivity index (χ3v) is 6.11. The van der Waals surface area contributed by atoms with Crippen molar-refractivity contribution in [1.29, 1.82) is 0 Å². The first-order chi connectivity index (χ1) is 9.59. The van der Waals surface area contributed by atoms with Crippen molar-refractivity contribution < 1.29 is 15.3 Å². The maximum atomic E-state index is 11.3. The van der Waals surface area contributed by atoms with Crippen LogP contribution in [0.25, 0.3) is 0 Å². The van der Waals surface area contributed by atoms with E-state index in [9.17, 15) is 15.3 Å². The summed E-state index contributed by atoms with van der Waals surface area (Å²) in [4.78, 5) is 0. The fourth-order valence-electron chi connectivity index (χ4n) is 5.22. The topological polar surface area (TPSA) is 60.7 Å². The van der Waals surface area contributed by atoms with Crippen molar-refractivity contribution in [3.8, 4) is 5.75 Å². The van der Waals surface area contributed by atoms with Crippen LogP contribution in [0.4, 0.5) is 0 Å². The summed E-state index contributed by atoms with van der Waals surface area (Å²) in [6, 6.07) is 5.40. The Kier molecular flexibility index (Phi) is 2.67. The van der Waals surface area contributed by atoms with Crippen LogP contribution in [0.5, 0.6) is 5.75 Å². The molecule has 3 heteroatoms. The van der Waals surface area contributed by atoms with Crippen molar-refractivity contribution in [3.63, 3.8) is 0 Å². The zero-order chi connectivity index (χ0) is 13.9. The van der Waals surface area contributed by atoms with Crippen molar-refractivity contribution in [2.24, 2.45) is 17.8 Å². The molecule has 0 radical (unpaired) electrons. The van der Waals surface area contributed by atoms with Crippen molar-refractivity contribution in [2.45, 2.75) is 50.2 Å². The van der Waals surface area contributed by atoms with E-state index < -0.39 is 5.60 Å². The molecule has 4 rings (SSSR count). The third kappa shape index (κ3) is 1.60. The molecule has 5 unspecified atom stereocenters. The van der Waals surface area contributed by atoms with Crippen molar-refractivity contribution in [3.05, 3.63) is 29.3 Å². The van der Waals surface area contributed by atoms with Crippen molar-refractivity contribution in [2.75, 3.05) is 0 Å². The lowest BCUT2D eigenvalue weighted by molar-refractivity contribution is -0.112. The number of hydrogen-bond acceptors (Lipinski definition) is 3. The van der Waals surface area contributed by atoms with Crippen LogP contribution >= 0.6 is 0 Å². The summed E-state index contributed by atoms with van der Waals surface area (Å²) < 4.78 is 0. The normalized spacial score (nSPS) is 42.7. The summed E-state index contributed by atoms with van der Waals surface area (Å²) in [5.41, 5.74) is 1.37. The first-order valence-corrected chi connectivity index (χ1v) is 7.82. The van der Waals surface area contributed by atoms with Gasteiger partial charge in [0.15, 0.2) is 0 Å². The molecule has 0 saturated heterocycles. The van der Waals surface area contributed by atoms with Gasteiger partial charge in [0.2, 0.25) is 0 Å². The number of phenolic OH excluding ortho intramolecular Hbond substituents is 1. The second-order valence-electron chi connectivity index (χ2n) is 6.92. The zero-order valence-electron chi connectivity index (χ0n) is 11.6. The first-order valence-electron chi connectivity index (χ1n) is 7.82. The van der Waals surface area contributed by atoms with E-state index in [1.54, 1.807) is 12.1 Å². The van der Waals surface area contributed by atoms with Gasteiger partial charge in [-0.15, -0.1) is 0 Å². The summed E-state index contributed by atoms with van der Waals surface area (Å²) in [6.45, 7) is 0. The van der Waals surface area contributed by atoms with E-state index >= 15 is 0 Å². The monoisotopic (exact) mass is 274 g/mol. The highest BCUT2D eigenvalue weighted by atomic mass is 16.3. The van der Waals surface area contributed by atoms with Gasteiger partial charge in [0.05, 0.1) is 11.7 Å². The van der Waals surface area contributed by atoms with Gasteiger partial charge < -0.3 is 15.3 Å². The molecule has 2 saturated carbocycles. The molecule has 0 bridgehead atoms. The van der Waals surface area contributed by atoms with E-state index in [4.69, 9.17) is 0 Å². The Morgan fingerprint density at radius 3 is 2.75 bits per heavy atom. The maximum Gasteiger partial charge on any atom is 0.115 e. The summed E-state index contributed by atoms with van der Waals surface area (Å²) >= 11 is 0. The van der Waals surface area contributed by atoms with Gasteiger partial charge in [-0.2, -0.15) is 0 Å². The Hall–Kier alpha value is -1.06. The average molecular weight is 274 g/mol. The van der Waals surface area contributed by atoms with E-state index in [0.29, 0.717) is 11.8 Å². The highest BCUT2D eigenvalue weighted by molar-refractivity contribution is 5.41. The van der Waals surface area contributed by atoms with Crippen LogP contribution < -0.4 is 0 Å². The molecule has 20 heavy (non-hydrogen) atoms. The van der Waals surface area contributed by atoms with Gasteiger partial charge in [-0.3, -0.25) is 0 Å². The number of rotatable bonds is 0. The van der Waals surface area contributed by atoms with Crippen LogP contribution in [0.2, 0.25) is 0 Å². The quantitative estimate of drug-likeness (QED) is 0.680. The molecule has 108 valence electrons. The smallest absolute Gasteiger partial charge is 0.115 e. The lowest BCUT2D eigenvalue weighted by Gasteiger charge is -2.50. The SMILES string of the molecule is Oc1ccc2c(c1)CCC1C3CCC(O)C3CCC21O. The lowest BCUT2D eigenvalue weighted by Crippen LogP contribution is -2.48. The lowest BCUT2D eigenvalue weighted by atomic mass is 9.58. The van der Waals surface area contributed by atoms with Gasteiger partial charge in [0.1, 0.15) is 5.75 Å². The summed E-state index contributed by atoms with van der Waals surface area (Å²) in [5.74, 6) is 1.41. The predicted molar refractivity (Wildman–Crippen MR) is 75.3 cm³/mol. The minimum Gasteiger partial charge on any atom is -0.508 e. The van der Waals surface area contributed by atoms with Crippen LogP contribution in [-0.4, -0.2) is 21.4 Å². The van der Waals surface area contributed by atoms with Crippen LogP contribution in [0.3, 0.4) is 0 Å². The predicted octanol–water partition coefficient (Wildman–Crippen LogP) is 2.32. The van der Waals surface area contributed by atoms with E-state index in [2.05, 4.69) is 0 Å². The van der Waals surface area contributed by atoms with E-state index in [1.807, 2.05) is 6.07 Å². The van der Waals surface area contributed by atoms with E-state index in [0.717, 1.165) is 49.7 Å². The molecular weight excluding hydrogens is 252 g/mol. The molecule has 0 aliphatic heterocycles. The van der Waals surface area contributed by atoms with Gasteiger partial charge in [-0.25, -0.2) is 0 Å². The fraction of sp³-hybridized carbons (Fsp3) is 0.647. The number of benzene rings is 1. The highest BCUT2D eigenvalue weighted by Gasteiger charge is 2.54. The number of aryl methyl sites for hydroxylation is 1. The molecule has 3 aliphatic carbocycles. The maximum absolute atomic E-state index is 11.3. The van der Waals surface area contributed by atoms with Crippen molar-refractivity contribution >= 4 is 0 Å². The molecular formula is C17H22O3. The first kappa shape index (κ1) is 12.7. The minimum atomic E-state index is -0.744.